The second-order valence-electron chi connectivity index (χ2n) is 9.08. The molecule has 7 atom stereocenters. The molecule has 134 valence electrons. The van der Waals surface area contributed by atoms with E-state index >= 15 is 0 Å². The van der Waals surface area contributed by atoms with E-state index in [1.165, 1.54) is 24.8 Å². The highest BCUT2D eigenvalue weighted by Gasteiger charge is 2.55. The second kappa shape index (κ2) is 6.35. The molecule has 0 spiro atoms. The lowest BCUT2D eigenvalue weighted by molar-refractivity contribution is -0.164. The van der Waals surface area contributed by atoms with Crippen molar-refractivity contribution in [1.82, 2.24) is 0 Å². The summed E-state index contributed by atoms with van der Waals surface area (Å²) in [7, 11) is 0. The van der Waals surface area contributed by atoms with Crippen LogP contribution in [0, 0.1) is 35.0 Å². The lowest BCUT2D eigenvalue weighted by Crippen LogP contribution is -2.54. The van der Waals surface area contributed by atoms with Crippen molar-refractivity contribution in [2.75, 3.05) is 0 Å². The third-order valence-electron chi connectivity index (χ3n) is 7.56. The monoisotopic (exact) mass is 330 g/mol. The molecule has 0 aromatic heterocycles. The highest BCUT2D eigenvalue weighted by Crippen LogP contribution is 2.61. The lowest BCUT2D eigenvalue weighted by atomic mass is 9.46. The number of hydrogen-bond donors (Lipinski definition) is 0. The van der Waals surface area contributed by atoms with Crippen LogP contribution in [-0.4, -0.2) is 12.1 Å². The zero-order valence-corrected chi connectivity index (χ0v) is 16.1. The fourth-order valence-electron chi connectivity index (χ4n) is 6.39. The summed E-state index contributed by atoms with van der Waals surface area (Å²) in [6.45, 7) is 15.2. The molecule has 0 aromatic carbocycles. The minimum Gasteiger partial charge on any atom is -0.462 e. The Kier molecular flexibility index (Phi) is 4.70. The number of ether oxygens (including phenoxy) is 1. The van der Waals surface area contributed by atoms with E-state index in [1.54, 1.807) is 12.5 Å². The first-order valence-electron chi connectivity index (χ1n) is 9.74. The topological polar surface area (TPSA) is 26.3 Å². The molecule has 0 radical (unpaired) electrons. The van der Waals surface area contributed by atoms with Crippen LogP contribution >= 0.6 is 0 Å². The van der Waals surface area contributed by atoms with Gasteiger partial charge in [0.15, 0.2) is 0 Å². The molecule has 0 bridgehead atoms. The summed E-state index contributed by atoms with van der Waals surface area (Å²) in [6.07, 6.45) is 8.53. The van der Waals surface area contributed by atoms with Gasteiger partial charge in [-0.2, -0.15) is 0 Å². The van der Waals surface area contributed by atoms with Gasteiger partial charge in [0.2, 0.25) is 0 Å². The summed E-state index contributed by atoms with van der Waals surface area (Å²) in [5, 5.41) is 0. The van der Waals surface area contributed by atoms with Gasteiger partial charge >= 0.3 is 5.97 Å². The summed E-state index contributed by atoms with van der Waals surface area (Å²) in [5.41, 5.74) is 3.31. The third kappa shape index (κ3) is 2.86. The summed E-state index contributed by atoms with van der Waals surface area (Å²) in [6, 6.07) is 0. The summed E-state index contributed by atoms with van der Waals surface area (Å²) in [5.74, 6) is 2.88. The zero-order chi connectivity index (χ0) is 17.6. The van der Waals surface area contributed by atoms with Crippen LogP contribution in [0.5, 0.6) is 0 Å². The van der Waals surface area contributed by atoms with Crippen LogP contribution in [0.1, 0.15) is 66.7 Å². The standard InChI is InChI=1S/C22H34O2/c1-13(2)17-8-7-14(3)18-9-11-22(6)12-10-19(24-16(5)23)15(4)21(22)20(17)18/h7,15,17-21H,1,8-12H2,2-6H3/t15-,17-,18-,19+,20-,21+,22-/m0/s1. The van der Waals surface area contributed by atoms with E-state index in [1.807, 2.05) is 0 Å². The van der Waals surface area contributed by atoms with E-state index in [0.29, 0.717) is 35.0 Å². The first kappa shape index (κ1) is 17.8. The molecule has 0 amide bonds. The van der Waals surface area contributed by atoms with Crippen molar-refractivity contribution in [1.29, 1.82) is 0 Å². The van der Waals surface area contributed by atoms with Crippen LogP contribution < -0.4 is 0 Å². The van der Waals surface area contributed by atoms with Gasteiger partial charge < -0.3 is 4.74 Å². The zero-order valence-electron chi connectivity index (χ0n) is 16.1. The maximum Gasteiger partial charge on any atom is 0.302 e. The molecular weight excluding hydrogens is 296 g/mol. The number of hydrogen-bond acceptors (Lipinski definition) is 2. The van der Waals surface area contributed by atoms with E-state index in [2.05, 4.69) is 40.3 Å². The molecule has 3 rings (SSSR count). The van der Waals surface area contributed by atoms with Crippen molar-refractivity contribution >= 4 is 5.97 Å². The van der Waals surface area contributed by atoms with Gasteiger partial charge in [-0.3, -0.25) is 4.79 Å². The fraction of sp³-hybridized carbons (Fsp3) is 0.773. The predicted octanol–water partition coefficient (Wildman–Crippen LogP) is 5.54. The van der Waals surface area contributed by atoms with Crippen molar-refractivity contribution in [3.8, 4) is 0 Å². The van der Waals surface area contributed by atoms with E-state index in [4.69, 9.17) is 4.74 Å². The van der Waals surface area contributed by atoms with E-state index in [0.717, 1.165) is 12.8 Å². The summed E-state index contributed by atoms with van der Waals surface area (Å²) >= 11 is 0. The Labute approximate surface area is 147 Å². The number of carbonyl (C=O) groups excluding carboxylic acids is 1. The normalized spacial score (nSPS) is 44.8. The first-order valence-corrected chi connectivity index (χ1v) is 9.74. The molecule has 0 heterocycles. The summed E-state index contributed by atoms with van der Waals surface area (Å²) in [4.78, 5) is 11.6. The molecule has 2 heteroatoms. The van der Waals surface area contributed by atoms with Gasteiger partial charge in [0.25, 0.3) is 0 Å². The molecule has 0 unspecified atom stereocenters. The van der Waals surface area contributed by atoms with Crippen LogP contribution in [0.25, 0.3) is 0 Å². The Bertz CT molecular complexity index is 558. The molecule has 0 saturated heterocycles. The number of rotatable bonds is 2. The van der Waals surface area contributed by atoms with Gasteiger partial charge in [-0.1, -0.05) is 37.6 Å². The van der Waals surface area contributed by atoms with Crippen molar-refractivity contribution in [2.45, 2.75) is 72.8 Å². The first-order chi connectivity index (χ1) is 11.2. The van der Waals surface area contributed by atoms with Gasteiger partial charge in [-0.25, -0.2) is 0 Å². The van der Waals surface area contributed by atoms with Gasteiger partial charge in [-0.15, -0.1) is 0 Å². The Morgan fingerprint density at radius 2 is 1.96 bits per heavy atom. The third-order valence-corrected chi connectivity index (χ3v) is 7.56. The van der Waals surface area contributed by atoms with Crippen LogP contribution in [0.4, 0.5) is 0 Å². The van der Waals surface area contributed by atoms with Gasteiger partial charge in [0, 0.05) is 6.92 Å². The largest absolute Gasteiger partial charge is 0.462 e. The lowest BCUT2D eigenvalue weighted by Gasteiger charge is -2.59. The predicted molar refractivity (Wildman–Crippen MR) is 98.4 cm³/mol. The Morgan fingerprint density at radius 1 is 1.29 bits per heavy atom. The SMILES string of the molecule is C=C(C)[C@@H]1CC=C(C)[C@@H]2CC[C@@]3(C)CC[C@@H](OC(C)=O)[C@H](C)[C@@H]3[C@@H]12. The molecule has 3 aliphatic rings. The molecule has 0 N–H and O–H groups in total. The number of esters is 1. The van der Waals surface area contributed by atoms with Gasteiger partial charge in [0.1, 0.15) is 6.10 Å². The molecule has 2 fully saturated rings. The molecule has 2 saturated carbocycles. The number of allylic oxidation sites excluding steroid dienone is 3. The van der Waals surface area contributed by atoms with Crippen molar-refractivity contribution in [3.63, 3.8) is 0 Å². The Balaban J connectivity index is 1.97. The highest BCUT2D eigenvalue weighted by molar-refractivity contribution is 5.66. The van der Waals surface area contributed by atoms with E-state index < -0.39 is 0 Å². The van der Waals surface area contributed by atoms with Crippen molar-refractivity contribution in [2.24, 2.45) is 35.0 Å². The molecule has 3 aliphatic carbocycles. The Hall–Kier alpha value is -1.05. The van der Waals surface area contributed by atoms with Gasteiger partial charge in [-0.05, 0) is 81.0 Å². The summed E-state index contributed by atoms with van der Waals surface area (Å²) < 4.78 is 5.72. The average molecular weight is 331 g/mol. The number of carbonyl (C=O) groups is 1. The van der Waals surface area contributed by atoms with Crippen molar-refractivity contribution < 1.29 is 9.53 Å². The maximum atomic E-state index is 11.6. The smallest absolute Gasteiger partial charge is 0.302 e. The van der Waals surface area contributed by atoms with Crippen LogP contribution in [0.2, 0.25) is 0 Å². The molecular formula is C22H34O2. The van der Waals surface area contributed by atoms with Gasteiger partial charge in [0.05, 0.1) is 0 Å². The quantitative estimate of drug-likeness (QED) is 0.491. The molecule has 0 aromatic rings. The molecule has 24 heavy (non-hydrogen) atoms. The fourth-order valence-corrected chi connectivity index (χ4v) is 6.39. The number of fused-ring (bicyclic) bond motifs is 3. The minimum atomic E-state index is -0.126. The molecule has 2 nitrogen and oxygen atoms in total. The van der Waals surface area contributed by atoms with E-state index in [9.17, 15) is 4.79 Å². The van der Waals surface area contributed by atoms with Crippen LogP contribution in [-0.2, 0) is 9.53 Å². The Morgan fingerprint density at radius 3 is 2.58 bits per heavy atom. The van der Waals surface area contributed by atoms with E-state index in [-0.39, 0.29) is 12.1 Å². The van der Waals surface area contributed by atoms with Crippen LogP contribution in [0.3, 0.4) is 0 Å². The average Bonchev–Trinajstić information content (AvgIpc) is 2.49. The van der Waals surface area contributed by atoms with Crippen LogP contribution in [0.15, 0.2) is 23.8 Å². The highest BCUT2D eigenvalue weighted by atomic mass is 16.5. The second-order valence-corrected chi connectivity index (χ2v) is 9.08. The minimum absolute atomic E-state index is 0.0938. The van der Waals surface area contributed by atoms with Crippen molar-refractivity contribution in [3.05, 3.63) is 23.8 Å². The molecule has 0 aliphatic heterocycles. The maximum absolute atomic E-state index is 11.6.